The summed E-state index contributed by atoms with van der Waals surface area (Å²) >= 11 is 1.68. The van der Waals surface area contributed by atoms with Crippen LogP contribution in [-0.2, 0) is 17.8 Å². The molecule has 88 valence electrons. The smallest absolute Gasteiger partial charge is 0.227 e. The average Bonchev–Trinajstić information content (AvgIpc) is 2.67. The molecule has 0 saturated heterocycles. The Labute approximate surface area is 98.3 Å². The van der Waals surface area contributed by atoms with Crippen molar-refractivity contribution in [3.63, 3.8) is 0 Å². The monoisotopic (exact) mass is 241 g/mol. The summed E-state index contributed by atoms with van der Waals surface area (Å²) < 4.78 is 4.91. The van der Waals surface area contributed by atoms with E-state index in [1.54, 1.807) is 11.8 Å². The molecule has 0 unspecified atom stereocenters. The first-order chi connectivity index (χ1) is 7.72. The number of carbonyl (C=O) groups is 1. The second kappa shape index (κ2) is 4.78. The van der Waals surface area contributed by atoms with E-state index in [2.05, 4.69) is 5.16 Å². The summed E-state index contributed by atoms with van der Waals surface area (Å²) in [7, 11) is 0. The molecule has 2 rings (SSSR count). The second-order valence-electron chi connectivity index (χ2n) is 3.78. The third-order valence-electron chi connectivity index (χ3n) is 2.74. The fraction of sp³-hybridized carbons (Fsp3) is 0.600. The average molecular weight is 241 g/mol. The Hall–Kier alpha value is -1.17. The van der Waals surface area contributed by atoms with Crippen molar-refractivity contribution in [2.24, 2.45) is 0 Å². The first-order valence-corrected chi connectivity index (χ1v) is 6.61. The molecule has 0 fully saturated rings. The van der Waals surface area contributed by atoms with Gasteiger partial charge in [0.1, 0.15) is 0 Å². The number of amides is 1. The number of fused-ring (bicyclic) bond motifs is 1. The highest BCUT2D eigenvalue weighted by molar-refractivity contribution is 7.98. The van der Waals surface area contributed by atoms with E-state index in [1.165, 1.54) is 0 Å². The third kappa shape index (κ3) is 2.16. The third-order valence-corrected chi connectivity index (χ3v) is 3.35. The summed E-state index contributed by atoms with van der Waals surface area (Å²) in [5.41, 5.74) is 7.43. The molecule has 5 nitrogen and oxygen atoms in total. The quantitative estimate of drug-likeness (QED) is 0.851. The maximum Gasteiger partial charge on any atom is 0.227 e. The van der Waals surface area contributed by atoms with Crippen LogP contribution in [0.4, 0.5) is 5.88 Å². The Morgan fingerprint density at radius 2 is 2.50 bits per heavy atom. The lowest BCUT2D eigenvalue weighted by molar-refractivity contribution is -0.131. The molecule has 1 aromatic heterocycles. The number of rotatable bonds is 3. The summed E-state index contributed by atoms with van der Waals surface area (Å²) in [5.74, 6) is 1.39. The molecule has 1 aliphatic heterocycles. The molecule has 0 aliphatic carbocycles. The van der Waals surface area contributed by atoms with Crippen molar-refractivity contribution >= 4 is 23.6 Å². The van der Waals surface area contributed by atoms with Gasteiger partial charge in [-0.15, -0.1) is 0 Å². The van der Waals surface area contributed by atoms with E-state index in [0.29, 0.717) is 25.4 Å². The predicted molar refractivity (Wildman–Crippen MR) is 63.0 cm³/mol. The Bertz CT molecular complexity index is 391. The minimum Gasteiger partial charge on any atom is -0.367 e. The van der Waals surface area contributed by atoms with Crippen molar-refractivity contribution < 1.29 is 9.32 Å². The van der Waals surface area contributed by atoms with Gasteiger partial charge in [0.2, 0.25) is 11.8 Å². The highest BCUT2D eigenvalue weighted by atomic mass is 32.2. The number of hydrogen-bond donors (Lipinski definition) is 1. The molecule has 0 saturated carbocycles. The fourth-order valence-corrected chi connectivity index (χ4v) is 2.17. The first-order valence-electron chi connectivity index (χ1n) is 5.22. The largest absolute Gasteiger partial charge is 0.367 e. The molecule has 0 aromatic carbocycles. The first kappa shape index (κ1) is 11.3. The Balaban J connectivity index is 2.01. The minimum atomic E-state index is 0.181. The summed E-state index contributed by atoms with van der Waals surface area (Å²) in [6, 6.07) is 0. The predicted octanol–water partition coefficient (Wildman–Crippen LogP) is 0.895. The van der Waals surface area contributed by atoms with Gasteiger partial charge in [-0.25, -0.2) is 0 Å². The molecule has 0 bridgehead atoms. The van der Waals surface area contributed by atoms with Crippen molar-refractivity contribution in [3.8, 4) is 0 Å². The number of anilines is 1. The number of thioether (sulfide) groups is 1. The number of carbonyl (C=O) groups excluding carboxylic acids is 1. The second-order valence-corrected chi connectivity index (χ2v) is 4.77. The van der Waals surface area contributed by atoms with Gasteiger partial charge >= 0.3 is 0 Å². The summed E-state index contributed by atoms with van der Waals surface area (Å²) in [5, 5.41) is 3.87. The van der Waals surface area contributed by atoms with Crippen molar-refractivity contribution in [3.05, 3.63) is 11.3 Å². The van der Waals surface area contributed by atoms with Crippen molar-refractivity contribution in [1.82, 2.24) is 10.1 Å². The number of hydrogen-bond acceptors (Lipinski definition) is 5. The van der Waals surface area contributed by atoms with Crippen LogP contribution in [0.3, 0.4) is 0 Å². The zero-order chi connectivity index (χ0) is 11.5. The Kier molecular flexibility index (Phi) is 3.38. The van der Waals surface area contributed by atoms with E-state index < -0.39 is 0 Å². The van der Waals surface area contributed by atoms with Crippen molar-refractivity contribution in [2.75, 3.05) is 24.3 Å². The molecular weight excluding hydrogens is 226 g/mol. The van der Waals surface area contributed by atoms with Gasteiger partial charge in [0.05, 0.1) is 17.8 Å². The molecule has 2 N–H and O–H groups in total. The molecule has 0 spiro atoms. The van der Waals surface area contributed by atoms with Gasteiger partial charge in [-0.1, -0.05) is 5.16 Å². The zero-order valence-corrected chi connectivity index (χ0v) is 10.0. The molecule has 2 heterocycles. The molecule has 1 aliphatic rings. The summed E-state index contributed by atoms with van der Waals surface area (Å²) in [6.45, 7) is 1.25. The van der Waals surface area contributed by atoms with Gasteiger partial charge in [-0.05, 0) is 6.26 Å². The summed E-state index contributed by atoms with van der Waals surface area (Å²) in [4.78, 5) is 13.6. The maximum absolute atomic E-state index is 11.8. The normalized spacial score (nSPS) is 14.9. The number of nitrogens with zero attached hydrogens (tertiary/aromatic N) is 2. The topological polar surface area (TPSA) is 72.4 Å². The van der Waals surface area contributed by atoms with E-state index in [-0.39, 0.29) is 5.91 Å². The lowest BCUT2D eigenvalue weighted by Gasteiger charge is -2.25. The van der Waals surface area contributed by atoms with Crippen LogP contribution in [0.5, 0.6) is 0 Å². The van der Waals surface area contributed by atoms with E-state index in [4.69, 9.17) is 10.3 Å². The zero-order valence-electron chi connectivity index (χ0n) is 9.23. The molecule has 0 radical (unpaired) electrons. The van der Waals surface area contributed by atoms with Crippen LogP contribution in [0.1, 0.15) is 17.7 Å². The van der Waals surface area contributed by atoms with E-state index >= 15 is 0 Å². The molecule has 16 heavy (non-hydrogen) atoms. The van der Waals surface area contributed by atoms with Crippen molar-refractivity contribution in [1.29, 1.82) is 0 Å². The van der Waals surface area contributed by atoms with E-state index in [0.717, 1.165) is 23.4 Å². The van der Waals surface area contributed by atoms with E-state index in [9.17, 15) is 4.79 Å². The molecule has 0 atom stereocenters. The van der Waals surface area contributed by atoms with Crippen LogP contribution >= 0.6 is 11.8 Å². The number of nitrogens with two attached hydrogens (primary N) is 1. The van der Waals surface area contributed by atoms with Gasteiger partial charge in [-0.3, -0.25) is 4.79 Å². The lowest BCUT2D eigenvalue weighted by atomic mass is 10.1. The fourth-order valence-electron chi connectivity index (χ4n) is 1.79. The van der Waals surface area contributed by atoms with E-state index in [1.807, 2.05) is 11.2 Å². The van der Waals surface area contributed by atoms with Gasteiger partial charge in [-0.2, -0.15) is 11.8 Å². The molecular formula is C10H15N3O2S. The number of aromatic nitrogens is 1. The highest BCUT2D eigenvalue weighted by Crippen LogP contribution is 2.24. The summed E-state index contributed by atoms with van der Waals surface area (Å²) in [6.07, 6.45) is 3.32. The van der Waals surface area contributed by atoms with Crippen LogP contribution in [-0.4, -0.2) is 34.5 Å². The van der Waals surface area contributed by atoms with Crippen LogP contribution in [0.2, 0.25) is 0 Å². The standard InChI is InChI=1S/C10H15N3O2S/c1-16-5-3-9(14)13-4-2-8-7(6-13)10(11)15-12-8/h2-6,11H2,1H3. The molecule has 6 heteroatoms. The Morgan fingerprint density at radius 1 is 1.69 bits per heavy atom. The maximum atomic E-state index is 11.8. The van der Waals surface area contributed by atoms with Gasteiger partial charge < -0.3 is 15.2 Å². The molecule has 1 aromatic rings. The Morgan fingerprint density at radius 3 is 3.25 bits per heavy atom. The molecule has 1 amide bonds. The van der Waals surface area contributed by atoms with Gasteiger partial charge in [0.25, 0.3) is 0 Å². The van der Waals surface area contributed by atoms with Gasteiger partial charge in [0.15, 0.2) is 0 Å². The van der Waals surface area contributed by atoms with Crippen LogP contribution in [0.15, 0.2) is 4.52 Å². The van der Waals surface area contributed by atoms with Crippen molar-refractivity contribution in [2.45, 2.75) is 19.4 Å². The number of nitrogen functional groups attached to an aromatic ring is 1. The van der Waals surface area contributed by atoms with Crippen LogP contribution in [0.25, 0.3) is 0 Å². The SMILES string of the molecule is CSCCC(=O)N1CCc2noc(N)c2C1. The highest BCUT2D eigenvalue weighted by Gasteiger charge is 2.25. The lowest BCUT2D eigenvalue weighted by Crippen LogP contribution is -2.36. The van der Waals surface area contributed by atoms with Crippen LogP contribution in [0, 0.1) is 0 Å². The minimum absolute atomic E-state index is 0.181. The van der Waals surface area contributed by atoms with Crippen LogP contribution < -0.4 is 5.73 Å². The van der Waals surface area contributed by atoms with Gasteiger partial charge in [0, 0.05) is 25.1 Å².